The molecule has 2 aromatic rings. The standard InChI is InChI=1S/C15H20N4O2/c1-3-18-8-6-11(7-9-18)14-17-16-13-5-4-12(10-19(13)14)15(20)21-2/h4-5,10-11H,3,6-9H2,1-2H3. The average Bonchev–Trinajstić information content (AvgIpc) is 2.97. The van der Waals surface area contributed by atoms with E-state index in [0.717, 1.165) is 43.9 Å². The number of hydrogen-bond acceptors (Lipinski definition) is 5. The fourth-order valence-electron chi connectivity index (χ4n) is 2.93. The molecule has 1 saturated heterocycles. The van der Waals surface area contributed by atoms with Gasteiger partial charge in [-0.25, -0.2) is 4.79 Å². The number of carbonyl (C=O) groups is 1. The second-order valence-corrected chi connectivity index (χ2v) is 5.40. The molecular formula is C15H20N4O2. The summed E-state index contributed by atoms with van der Waals surface area (Å²) in [6.45, 7) is 5.47. The monoisotopic (exact) mass is 288 g/mol. The molecule has 1 aliphatic rings. The van der Waals surface area contributed by atoms with E-state index in [9.17, 15) is 4.79 Å². The number of fused-ring (bicyclic) bond motifs is 1. The molecule has 112 valence electrons. The molecule has 0 amide bonds. The molecule has 0 spiro atoms. The lowest BCUT2D eigenvalue weighted by Gasteiger charge is -2.30. The first-order valence-electron chi connectivity index (χ1n) is 7.38. The summed E-state index contributed by atoms with van der Waals surface area (Å²) in [4.78, 5) is 14.1. The number of likely N-dealkylation sites (tertiary alicyclic amines) is 1. The Morgan fingerprint density at radius 1 is 1.33 bits per heavy atom. The Morgan fingerprint density at radius 2 is 2.10 bits per heavy atom. The summed E-state index contributed by atoms with van der Waals surface area (Å²) in [6.07, 6.45) is 3.94. The highest BCUT2D eigenvalue weighted by Gasteiger charge is 2.24. The number of ether oxygens (including phenoxy) is 1. The maximum absolute atomic E-state index is 11.7. The fourth-order valence-corrected chi connectivity index (χ4v) is 2.93. The summed E-state index contributed by atoms with van der Waals surface area (Å²) in [5.41, 5.74) is 1.30. The van der Waals surface area contributed by atoms with E-state index in [1.807, 2.05) is 10.5 Å². The van der Waals surface area contributed by atoms with Gasteiger partial charge in [-0.2, -0.15) is 0 Å². The Labute approximate surface area is 123 Å². The molecule has 3 heterocycles. The topological polar surface area (TPSA) is 59.7 Å². The van der Waals surface area contributed by atoms with E-state index in [1.54, 1.807) is 12.3 Å². The normalized spacial score (nSPS) is 17.2. The summed E-state index contributed by atoms with van der Waals surface area (Å²) in [7, 11) is 1.39. The third-order valence-corrected chi connectivity index (χ3v) is 4.25. The fraction of sp³-hybridized carbons (Fsp3) is 0.533. The molecule has 2 aromatic heterocycles. The van der Waals surface area contributed by atoms with E-state index >= 15 is 0 Å². The van der Waals surface area contributed by atoms with E-state index in [2.05, 4.69) is 22.0 Å². The maximum Gasteiger partial charge on any atom is 0.339 e. The number of pyridine rings is 1. The van der Waals surface area contributed by atoms with Gasteiger partial charge in [0.1, 0.15) is 5.82 Å². The van der Waals surface area contributed by atoms with Crippen LogP contribution >= 0.6 is 0 Å². The quantitative estimate of drug-likeness (QED) is 0.805. The van der Waals surface area contributed by atoms with Crippen LogP contribution in [-0.4, -0.2) is 52.2 Å². The lowest BCUT2D eigenvalue weighted by atomic mass is 9.96. The van der Waals surface area contributed by atoms with Crippen molar-refractivity contribution in [2.24, 2.45) is 0 Å². The lowest BCUT2D eigenvalue weighted by Crippen LogP contribution is -2.33. The van der Waals surface area contributed by atoms with Crippen LogP contribution in [-0.2, 0) is 4.74 Å². The summed E-state index contributed by atoms with van der Waals surface area (Å²) < 4.78 is 6.71. The third kappa shape index (κ3) is 2.63. The van der Waals surface area contributed by atoms with E-state index < -0.39 is 0 Å². The van der Waals surface area contributed by atoms with Gasteiger partial charge < -0.3 is 9.64 Å². The average molecular weight is 288 g/mol. The van der Waals surface area contributed by atoms with E-state index in [1.165, 1.54) is 7.11 Å². The zero-order valence-electron chi connectivity index (χ0n) is 12.5. The van der Waals surface area contributed by atoms with Gasteiger partial charge in [0.25, 0.3) is 0 Å². The molecule has 0 unspecified atom stereocenters. The molecular weight excluding hydrogens is 268 g/mol. The number of aromatic nitrogens is 3. The van der Waals surface area contributed by atoms with Crippen molar-refractivity contribution >= 4 is 11.6 Å². The van der Waals surface area contributed by atoms with E-state index in [-0.39, 0.29) is 5.97 Å². The highest BCUT2D eigenvalue weighted by atomic mass is 16.5. The summed E-state index contributed by atoms with van der Waals surface area (Å²) >= 11 is 0. The van der Waals surface area contributed by atoms with Crippen molar-refractivity contribution < 1.29 is 9.53 Å². The lowest BCUT2D eigenvalue weighted by molar-refractivity contribution is 0.0600. The van der Waals surface area contributed by atoms with Gasteiger partial charge in [-0.15, -0.1) is 10.2 Å². The molecule has 6 nitrogen and oxygen atoms in total. The number of methoxy groups -OCH3 is 1. The smallest absolute Gasteiger partial charge is 0.339 e. The molecule has 0 N–H and O–H groups in total. The highest BCUT2D eigenvalue weighted by molar-refractivity contribution is 5.89. The van der Waals surface area contributed by atoms with Crippen molar-refractivity contribution in [2.45, 2.75) is 25.7 Å². The van der Waals surface area contributed by atoms with E-state index in [4.69, 9.17) is 4.74 Å². The van der Waals surface area contributed by atoms with Gasteiger partial charge in [-0.05, 0) is 44.6 Å². The Hall–Kier alpha value is -1.95. The third-order valence-electron chi connectivity index (χ3n) is 4.25. The molecule has 6 heteroatoms. The van der Waals surface area contributed by atoms with Crippen molar-refractivity contribution in [3.63, 3.8) is 0 Å². The van der Waals surface area contributed by atoms with E-state index in [0.29, 0.717) is 11.5 Å². The van der Waals surface area contributed by atoms with Crippen LogP contribution in [0.15, 0.2) is 18.3 Å². The first-order valence-corrected chi connectivity index (χ1v) is 7.38. The van der Waals surface area contributed by atoms with Gasteiger partial charge in [0.15, 0.2) is 5.65 Å². The molecule has 0 bridgehead atoms. The molecule has 3 rings (SSSR count). The van der Waals surface area contributed by atoms with Crippen LogP contribution in [0.3, 0.4) is 0 Å². The van der Waals surface area contributed by atoms with Crippen LogP contribution in [0.1, 0.15) is 41.9 Å². The first kappa shape index (κ1) is 14.0. The molecule has 0 aromatic carbocycles. The van der Waals surface area contributed by atoms with Crippen LogP contribution < -0.4 is 0 Å². The SMILES string of the molecule is CCN1CCC(c2nnc3ccc(C(=O)OC)cn23)CC1. The molecule has 21 heavy (non-hydrogen) atoms. The summed E-state index contributed by atoms with van der Waals surface area (Å²) in [6, 6.07) is 3.53. The molecule has 0 aliphatic carbocycles. The van der Waals surface area contributed by atoms with Crippen molar-refractivity contribution in [1.29, 1.82) is 0 Å². The predicted octanol–water partition coefficient (Wildman–Crippen LogP) is 1.72. The van der Waals surface area contributed by atoms with Crippen LogP contribution in [0, 0.1) is 0 Å². The van der Waals surface area contributed by atoms with Gasteiger partial charge in [0.05, 0.1) is 12.7 Å². The van der Waals surface area contributed by atoms with Crippen LogP contribution in [0.25, 0.3) is 5.65 Å². The number of carbonyl (C=O) groups excluding carboxylic acids is 1. The van der Waals surface area contributed by atoms with Crippen LogP contribution in [0.5, 0.6) is 0 Å². The van der Waals surface area contributed by atoms with Gasteiger partial charge in [-0.1, -0.05) is 6.92 Å². The minimum absolute atomic E-state index is 0.336. The predicted molar refractivity (Wildman–Crippen MR) is 78.4 cm³/mol. The Balaban J connectivity index is 1.90. The van der Waals surface area contributed by atoms with Crippen LogP contribution in [0.2, 0.25) is 0 Å². The number of hydrogen-bond donors (Lipinski definition) is 0. The van der Waals surface area contributed by atoms with Crippen molar-refractivity contribution in [3.8, 4) is 0 Å². The molecule has 0 saturated carbocycles. The van der Waals surface area contributed by atoms with Crippen molar-refractivity contribution in [3.05, 3.63) is 29.7 Å². The Kier molecular flexibility index (Phi) is 3.88. The Bertz CT molecular complexity index is 644. The highest BCUT2D eigenvalue weighted by Crippen LogP contribution is 2.27. The largest absolute Gasteiger partial charge is 0.465 e. The maximum atomic E-state index is 11.7. The van der Waals surface area contributed by atoms with Crippen molar-refractivity contribution in [1.82, 2.24) is 19.5 Å². The van der Waals surface area contributed by atoms with Gasteiger partial charge in [0.2, 0.25) is 0 Å². The summed E-state index contributed by atoms with van der Waals surface area (Å²) in [5, 5.41) is 8.55. The van der Waals surface area contributed by atoms with Crippen molar-refractivity contribution in [2.75, 3.05) is 26.7 Å². The molecule has 1 fully saturated rings. The van der Waals surface area contributed by atoms with Gasteiger partial charge >= 0.3 is 5.97 Å². The second-order valence-electron chi connectivity index (χ2n) is 5.40. The van der Waals surface area contributed by atoms with Gasteiger partial charge in [0, 0.05) is 12.1 Å². The number of piperidine rings is 1. The number of nitrogens with zero attached hydrogens (tertiary/aromatic N) is 4. The van der Waals surface area contributed by atoms with Gasteiger partial charge in [-0.3, -0.25) is 4.40 Å². The zero-order chi connectivity index (χ0) is 14.8. The first-order chi connectivity index (χ1) is 10.2. The molecule has 1 aliphatic heterocycles. The number of esters is 1. The van der Waals surface area contributed by atoms with Crippen LogP contribution in [0.4, 0.5) is 0 Å². The summed E-state index contributed by atoms with van der Waals surface area (Å²) in [5.74, 6) is 1.01. The second kappa shape index (κ2) is 5.81. The minimum Gasteiger partial charge on any atom is -0.465 e. The number of rotatable bonds is 3. The molecule has 0 radical (unpaired) electrons. The molecule has 0 atom stereocenters. The minimum atomic E-state index is -0.336. The Morgan fingerprint density at radius 3 is 2.76 bits per heavy atom. The zero-order valence-corrected chi connectivity index (χ0v) is 12.5.